The molecule has 2 aromatic heterocycles. The monoisotopic (exact) mass is 388 g/mol. The molecule has 1 amide bonds. The molecule has 8 heteroatoms. The number of carbonyl (C=O) groups is 2. The summed E-state index contributed by atoms with van der Waals surface area (Å²) in [4.78, 5) is 37.6. The summed E-state index contributed by atoms with van der Waals surface area (Å²) in [6.45, 7) is 1.42. The van der Waals surface area contributed by atoms with Crippen LogP contribution in [0.4, 0.5) is 5.82 Å². The maximum absolute atomic E-state index is 12.5. The molecule has 7 nitrogen and oxygen atoms in total. The summed E-state index contributed by atoms with van der Waals surface area (Å²) in [7, 11) is 1.32. The summed E-state index contributed by atoms with van der Waals surface area (Å²) in [6, 6.07) is 0. The number of aromatic nitrogens is 2. The molecule has 0 saturated carbocycles. The van der Waals surface area contributed by atoms with E-state index in [9.17, 15) is 9.59 Å². The second-order valence-electron chi connectivity index (χ2n) is 7.17. The molecule has 0 radical (unpaired) electrons. The van der Waals surface area contributed by atoms with Crippen molar-refractivity contribution in [3.8, 4) is 0 Å². The predicted octanol–water partition coefficient (Wildman–Crippen LogP) is 2.08. The second kappa shape index (κ2) is 7.80. The van der Waals surface area contributed by atoms with Gasteiger partial charge in [-0.1, -0.05) is 0 Å². The fourth-order valence-corrected chi connectivity index (χ4v) is 5.30. The molecule has 1 saturated heterocycles. The van der Waals surface area contributed by atoms with Crippen LogP contribution in [-0.2, 0) is 27.2 Å². The van der Waals surface area contributed by atoms with Gasteiger partial charge in [-0.15, -0.1) is 11.3 Å². The van der Waals surface area contributed by atoms with Crippen molar-refractivity contribution in [2.45, 2.75) is 38.5 Å². The zero-order chi connectivity index (χ0) is 18.8. The molecule has 1 aliphatic heterocycles. The maximum atomic E-state index is 12.5. The van der Waals surface area contributed by atoms with Crippen molar-refractivity contribution in [1.29, 1.82) is 0 Å². The van der Waals surface area contributed by atoms with Crippen molar-refractivity contribution in [3.05, 3.63) is 16.8 Å². The van der Waals surface area contributed by atoms with Crippen LogP contribution in [0.25, 0.3) is 10.2 Å². The zero-order valence-corrected chi connectivity index (χ0v) is 16.3. The molecular formula is C19H24N4O3S. The van der Waals surface area contributed by atoms with E-state index in [0.717, 1.165) is 42.9 Å². The molecule has 144 valence electrons. The van der Waals surface area contributed by atoms with Gasteiger partial charge in [-0.2, -0.15) is 0 Å². The Morgan fingerprint density at radius 1 is 1.30 bits per heavy atom. The Labute approximate surface area is 162 Å². The largest absolute Gasteiger partial charge is 0.468 e. The number of anilines is 1. The lowest BCUT2D eigenvalue weighted by molar-refractivity contribution is -0.141. The van der Waals surface area contributed by atoms with E-state index in [1.807, 2.05) is 0 Å². The lowest BCUT2D eigenvalue weighted by Gasteiger charge is -2.33. The predicted molar refractivity (Wildman–Crippen MR) is 104 cm³/mol. The van der Waals surface area contributed by atoms with Gasteiger partial charge >= 0.3 is 5.97 Å². The molecule has 0 unspecified atom stereocenters. The van der Waals surface area contributed by atoms with Crippen LogP contribution >= 0.6 is 11.3 Å². The fraction of sp³-hybridized carbons (Fsp3) is 0.579. The van der Waals surface area contributed by atoms with Crippen molar-refractivity contribution in [2.75, 3.05) is 31.6 Å². The van der Waals surface area contributed by atoms with Crippen molar-refractivity contribution in [3.63, 3.8) is 0 Å². The van der Waals surface area contributed by atoms with Gasteiger partial charge in [0, 0.05) is 18.0 Å². The van der Waals surface area contributed by atoms with Gasteiger partial charge in [-0.05, 0) is 44.1 Å². The third-order valence-corrected chi connectivity index (χ3v) is 6.66. The number of amides is 1. The summed E-state index contributed by atoms with van der Waals surface area (Å²) in [5.74, 6) is 0.286. The van der Waals surface area contributed by atoms with Gasteiger partial charge in [0.2, 0.25) is 5.91 Å². The number of aryl methyl sites for hydroxylation is 2. The topological polar surface area (TPSA) is 84.4 Å². The van der Waals surface area contributed by atoms with Crippen molar-refractivity contribution in [1.82, 2.24) is 15.3 Å². The number of carbonyl (C=O) groups excluding carboxylic acids is 2. The Hall–Kier alpha value is -2.22. The highest BCUT2D eigenvalue weighted by Gasteiger charge is 2.29. The summed E-state index contributed by atoms with van der Waals surface area (Å²) in [5, 5.41) is 3.87. The lowest BCUT2D eigenvalue weighted by Crippen LogP contribution is -2.44. The van der Waals surface area contributed by atoms with E-state index < -0.39 is 5.97 Å². The van der Waals surface area contributed by atoms with Gasteiger partial charge in [-0.25, -0.2) is 9.97 Å². The molecule has 2 aliphatic rings. The number of nitrogens with zero attached hydrogens (tertiary/aromatic N) is 3. The molecule has 0 aromatic carbocycles. The molecule has 2 aromatic rings. The summed E-state index contributed by atoms with van der Waals surface area (Å²) >= 11 is 1.79. The number of nitrogens with one attached hydrogen (secondary N) is 1. The van der Waals surface area contributed by atoms with Crippen LogP contribution in [-0.4, -0.2) is 48.6 Å². The Kier molecular flexibility index (Phi) is 5.24. The minimum atomic E-state index is -0.432. The first-order chi connectivity index (χ1) is 13.2. The van der Waals surface area contributed by atoms with Crippen molar-refractivity contribution in [2.24, 2.45) is 5.92 Å². The Balaban J connectivity index is 1.56. The van der Waals surface area contributed by atoms with Gasteiger partial charge < -0.3 is 15.0 Å². The van der Waals surface area contributed by atoms with E-state index in [2.05, 4.69) is 24.9 Å². The minimum absolute atomic E-state index is 0.0817. The highest BCUT2D eigenvalue weighted by molar-refractivity contribution is 7.19. The first kappa shape index (κ1) is 18.2. The summed E-state index contributed by atoms with van der Waals surface area (Å²) in [5.41, 5.74) is 1.41. The standard InChI is InChI=1S/C19H24N4O3S/c1-26-15(24)9-20-18(25)12-5-4-8-23(10-12)17-16-13-6-2-3-7-14(13)27-19(16)22-11-21-17/h11-12H,2-10H2,1H3,(H,20,25)/t12-/m0/s1. The molecule has 1 fully saturated rings. The number of piperidine rings is 1. The van der Waals surface area contributed by atoms with Gasteiger partial charge in [0.25, 0.3) is 0 Å². The number of ether oxygens (including phenoxy) is 1. The summed E-state index contributed by atoms with van der Waals surface area (Å²) in [6.07, 6.45) is 8.07. The number of hydrogen-bond donors (Lipinski definition) is 1. The van der Waals surface area contributed by atoms with Crippen molar-refractivity contribution >= 4 is 39.2 Å². The average Bonchev–Trinajstić information content (AvgIpc) is 3.10. The van der Waals surface area contributed by atoms with E-state index in [-0.39, 0.29) is 18.4 Å². The van der Waals surface area contributed by atoms with E-state index in [1.165, 1.54) is 35.8 Å². The number of hydrogen-bond acceptors (Lipinski definition) is 7. The first-order valence-electron chi connectivity index (χ1n) is 9.52. The number of rotatable bonds is 4. The smallest absolute Gasteiger partial charge is 0.325 e. The highest BCUT2D eigenvalue weighted by Crippen LogP contribution is 2.40. The number of thiophene rings is 1. The molecule has 1 aliphatic carbocycles. The molecule has 1 N–H and O–H groups in total. The SMILES string of the molecule is COC(=O)CNC(=O)[C@H]1CCCN(c2ncnc3sc4c(c23)CCCC4)C1. The van der Waals surface area contributed by atoms with Gasteiger partial charge in [-0.3, -0.25) is 9.59 Å². The van der Waals surface area contributed by atoms with Crippen LogP contribution in [0.2, 0.25) is 0 Å². The third-order valence-electron chi connectivity index (χ3n) is 5.46. The second-order valence-corrected chi connectivity index (χ2v) is 8.25. The highest BCUT2D eigenvalue weighted by atomic mass is 32.1. The van der Waals surface area contributed by atoms with Crippen LogP contribution in [0.3, 0.4) is 0 Å². The van der Waals surface area contributed by atoms with Crippen LogP contribution < -0.4 is 10.2 Å². The van der Waals surface area contributed by atoms with E-state index in [1.54, 1.807) is 17.7 Å². The van der Waals surface area contributed by atoms with Crippen LogP contribution in [0.15, 0.2) is 6.33 Å². The minimum Gasteiger partial charge on any atom is -0.468 e. The fourth-order valence-electron chi connectivity index (χ4n) is 4.07. The first-order valence-corrected chi connectivity index (χ1v) is 10.3. The Morgan fingerprint density at radius 3 is 3.00 bits per heavy atom. The van der Waals surface area contributed by atoms with E-state index in [0.29, 0.717) is 6.54 Å². The molecular weight excluding hydrogens is 364 g/mol. The molecule has 27 heavy (non-hydrogen) atoms. The molecule has 3 heterocycles. The quantitative estimate of drug-likeness (QED) is 0.808. The molecule has 0 bridgehead atoms. The van der Waals surface area contributed by atoms with E-state index >= 15 is 0 Å². The lowest BCUT2D eigenvalue weighted by atomic mass is 9.95. The Bertz CT molecular complexity index is 866. The number of esters is 1. The number of methoxy groups -OCH3 is 1. The van der Waals surface area contributed by atoms with Crippen molar-refractivity contribution < 1.29 is 14.3 Å². The van der Waals surface area contributed by atoms with Gasteiger partial charge in [0.15, 0.2) is 0 Å². The normalized spacial score (nSPS) is 19.6. The summed E-state index contributed by atoms with van der Waals surface area (Å²) < 4.78 is 4.59. The zero-order valence-electron chi connectivity index (χ0n) is 15.5. The van der Waals surface area contributed by atoms with Gasteiger partial charge in [0.1, 0.15) is 23.5 Å². The van der Waals surface area contributed by atoms with Crippen LogP contribution in [0.1, 0.15) is 36.1 Å². The maximum Gasteiger partial charge on any atom is 0.325 e. The van der Waals surface area contributed by atoms with E-state index in [4.69, 9.17) is 0 Å². The molecule has 0 spiro atoms. The van der Waals surface area contributed by atoms with Gasteiger partial charge in [0.05, 0.1) is 18.4 Å². The van der Waals surface area contributed by atoms with Crippen LogP contribution in [0, 0.1) is 5.92 Å². The molecule has 1 atom stereocenters. The molecule has 4 rings (SSSR count). The van der Waals surface area contributed by atoms with Crippen LogP contribution in [0.5, 0.6) is 0 Å². The number of fused-ring (bicyclic) bond motifs is 3. The Morgan fingerprint density at radius 2 is 2.15 bits per heavy atom. The third kappa shape index (κ3) is 3.63. The average molecular weight is 388 g/mol.